The lowest BCUT2D eigenvalue weighted by molar-refractivity contribution is -0.141. The maximum Gasteiger partial charge on any atom is 0.330 e. The van der Waals surface area contributed by atoms with E-state index in [1.165, 1.54) is 11.3 Å². The number of aryl methyl sites for hydroxylation is 2. The van der Waals surface area contributed by atoms with Gasteiger partial charge in [-0.1, -0.05) is 60.2 Å². The van der Waals surface area contributed by atoms with E-state index in [2.05, 4.69) is 4.98 Å². The van der Waals surface area contributed by atoms with Crippen LogP contribution in [-0.4, -0.2) is 20.6 Å². The summed E-state index contributed by atoms with van der Waals surface area (Å²) in [4.78, 5) is 41.6. The first-order valence-corrected chi connectivity index (χ1v) is 10.4. The molecular formula is C23H20N2O4S. The van der Waals surface area contributed by atoms with E-state index in [4.69, 9.17) is 0 Å². The normalized spacial score (nSPS) is 12.2. The maximum atomic E-state index is 13.1. The highest BCUT2D eigenvalue weighted by Gasteiger charge is 2.25. The Morgan fingerprint density at radius 1 is 1.10 bits per heavy atom. The van der Waals surface area contributed by atoms with Gasteiger partial charge in [0, 0.05) is 4.88 Å². The molecule has 0 aliphatic carbocycles. The summed E-state index contributed by atoms with van der Waals surface area (Å²) < 4.78 is 0.834. The molecule has 0 radical (unpaired) electrons. The van der Waals surface area contributed by atoms with Gasteiger partial charge >= 0.3 is 11.7 Å². The van der Waals surface area contributed by atoms with Crippen molar-refractivity contribution in [3.05, 3.63) is 92.6 Å². The van der Waals surface area contributed by atoms with Gasteiger partial charge < -0.3 is 5.11 Å². The number of aromatic amines is 1. The molecule has 0 bridgehead atoms. The van der Waals surface area contributed by atoms with Crippen molar-refractivity contribution in [2.24, 2.45) is 0 Å². The molecule has 0 fully saturated rings. The smallest absolute Gasteiger partial charge is 0.330 e. The van der Waals surface area contributed by atoms with Crippen LogP contribution in [0.3, 0.4) is 0 Å². The monoisotopic (exact) mass is 420 g/mol. The van der Waals surface area contributed by atoms with E-state index in [0.29, 0.717) is 16.6 Å². The van der Waals surface area contributed by atoms with Crippen LogP contribution >= 0.6 is 11.3 Å². The summed E-state index contributed by atoms with van der Waals surface area (Å²) in [7, 11) is 0. The van der Waals surface area contributed by atoms with E-state index >= 15 is 0 Å². The molecule has 1 unspecified atom stereocenters. The summed E-state index contributed by atoms with van der Waals surface area (Å²) in [5.74, 6) is -1.20. The third-order valence-corrected chi connectivity index (χ3v) is 6.20. The zero-order valence-corrected chi connectivity index (χ0v) is 17.1. The zero-order chi connectivity index (χ0) is 21.3. The Morgan fingerprint density at radius 3 is 2.47 bits per heavy atom. The average Bonchev–Trinajstić information content (AvgIpc) is 3.16. The number of aromatic nitrogens is 2. The number of hydrogen-bond acceptors (Lipinski definition) is 4. The molecule has 7 heteroatoms. The highest BCUT2D eigenvalue weighted by molar-refractivity contribution is 7.21. The van der Waals surface area contributed by atoms with Gasteiger partial charge in [-0.3, -0.25) is 9.78 Å². The third kappa shape index (κ3) is 3.84. The molecule has 6 nitrogen and oxygen atoms in total. The van der Waals surface area contributed by atoms with Crippen molar-refractivity contribution in [1.82, 2.24) is 9.55 Å². The van der Waals surface area contributed by atoms with E-state index in [1.807, 2.05) is 61.5 Å². The van der Waals surface area contributed by atoms with Gasteiger partial charge in [0.05, 0.1) is 5.39 Å². The Labute approximate surface area is 176 Å². The standard InChI is InChI=1S/C23H20N2O4S/c1-14-7-9-15(10-8-14)11-12-18(22(27)28)25-21(26)17-13-19(16-5-3-2-4-6-16)30-20(17)24-23(25)29/h2-10,13,18H,11-12H2,1H3,(H,24,29)(H,27,28). The van der Waals surface area contributed by atoms with E-state index < -0.39 is 23.3 Å². The van der Waals surface area contributed by atoms with Gasteiger partial charge in [0.25, 0.3) is 5.56 Å². The summed E-state index contributed by atoms with van der Waals surface area (Å²) in [6, 6.07) is 17.8. The second-order valence-corrected chi connectivity index (χ2v) is 8.26. The SMILES string of the molecule is Cc1ccc(CCC(C(=O)O)n2c(=O)[nH]c3sc(-c4ccccc4)cc3c2=O)cc1. The number of carboxylic acid groups (broad SMARTS) is 1. The minimum Gasteiger partial charge on any atom is -0.480 e. The van der Waals surface area contributed by atoms with Crippen LogP contribution < -0.4 is 11.2 Å². The lowest BCUT2D eigenvalue weighted by Gasteiger charge is -2.14. The van der Waals surface area contributed by atoms with Crippen molar-refractivity contribution in [3.63, 3.8) is 0 Å². The molecule has 0 amide bonds. The Hall–Kier alpha value is -3.45. The lowest BCUT2D eigenvalue weighted by atomic mass is 10.0. The highest BCUT2D eigenvalue weighted by atomic mass is 32.1. The molecule has 1 atom stereocenters. The Bertz CT molecular complexity index is 1320. The van der Waals surface area contributed by atoms with Crippen LogP contribution in [0.4, 0.5) is 0 Å². The predicted molar refractivity (Wildman–Crippen MR) is 118 cm³/mol. The van der Waals surface area contributed by atoms with Gasteiger partial charge in [0.2, 0.25) is 0 Å². The number of hydrogen-bond donors (Lipinski definition) is 2. The molecule has 2 aromatic carbocycles. The molecule has 0 aliphatic heterocycles. The van der Waals surface area contributed by atoms with Crippen LogP contribution in [0, 0.1) is 6.92 Å². The van der Waals surface area contributed by atoms with Crippen LogP contribution in [0.25, 0.3) is 20.7 Å². The van der Waals surface area contributed by atoms with E-state index in [-0.39, 0.29) is 6.42 Å². The average molecular weight is 420 g/mol. The molecular weight excluding hydrogens is 400 g/mol. The van der Waals surface area contributed by atoms with Gasteiger partial charge in [-0.2, -0.15) is 0 Å². The summed E-state index contributed by atoms with van der Waals surface area (Å²) in [5.41, 5.74) is 1.71. The molecule has 4 rings (SSSR count). The number of carbonyl (C=O) groups is 1. The largest absolute Gasteiger partial charge is 0.480 e. The van der Waals surface area contributed by atoms with Gasteiger partial charge in [0.15, 0.2) is 0 Å². The summed E-state index contributed by atoms with van der Waals surface area (Å²) in [5, 5.41) is 10.1. The van der Waals surface area contributed by atoms with Crippen LogP contribution in [0.5, 0.6) is 0 Å². The van der Waals surface area contributed by atoms with Crippen molar-refractivity contribution >= 4 is 27.5 Å². The van der Waals surface area contributed by atoms with Gasteiger partial charge in [-0.25, -0.2) is 14.2 Å². The fraction of sp³-hybridized carbons (Fsp3) is 0.174. The fourth-order valence-corrected chi connectivity index (χ4v) is 4.52. The molecule has 0 aliphatic rings. The first-order valence-electron chi connectivity index (χ1n) is 9.56. The predicted octanol–water partition coefficient (Wildman–Crippen LogP) is 3.99. The number of benzene rings is 2. The second-order valence-electron chi connectivity index (χ2n) is 7.20. The van der Waals surface area contributed by atoms with Crippen molar-refractivity contribution < 1.29 is 9.90 Å². The zero-order valence-electron chi connectivity index (χ0n) is 16.3. The van der Waals surface area contributed by atoms with E-state index in [1.54, 1.807) is 6.07 Å². The van der Waals surface area contributed by atoms with Crippen LogP contribution in [0.1, 0.15) is 23.6 Å². The minimum atomic E-state index is -1.24. The molecule has 2 N–H and O–H groups in total. The van der Waals surface area contributed by atoms with Crippen LogP contribution in [-0.2, 0) is 11.2 Å². The number of nitrogens with one attached hydrogen (secondary N) is 1. The fourth-order valence-electron chi connectivity index (χ4n) is 3.47. The van der Waals surface area contributed by atoms with E-state index in [9.17, 15) is 19.5 Å². The Balaban J connectivity index is 1.73. The summed E-state index contributed by atoms with van der Waals surface area (Å²) in [6.07, 6.45) is 0.586. The number of H-pyrrole nitrogens is 1. The summed E-state index contributed by atoms with van der Waals surface area (Å²) >= 11 is 1.30. The molecule has 152 valence electrons. The Morgan fingerprint density at radius 2 is 1.80 bits per heavy atom. The maximum absolute atomic E-state index is 13.1. The van der Waals surface area contributed by atoms with Gasteiger partial charge in [-0.15, -0.1) is 11.3 Å². The number of thiophene rings is 1. The van der Waals surface area contributed by atoms with Crippen LogP contribution in [0.15, 0.2) is 70.3 Å². The van der Waals surface area contributed by atoms with E-state index in [0.717, 1.165) is 26.1 Å². The highest BCUT2D eigenvalue weighted by Crippen LogP contribution is 2.30. The molecule has 0 saturated heterocycles. The third-order valence-electron chi connectivity index (χ3n) is 5.10. The molecule has 2 heterocycles. The first kappa shape index (κ1) is 19.8. The Kier molecular flexibility index (Phi) is 5.37. The number of fused-ring (bicyclic) bond motifs is 1. The summed E-state index contributed by atoms with van der Waals surface area (Å²) in [6.45, 7) is 1.97. The number of aliphatic carboxylic acids is 1. The first-order chi connectivity index (χ1) is 14.4. The molecule has 0 saturated carbocycles. The van der Waals surface area contributed by atoms with Crippen molar-refractivity contribution in [3.8, 4) is 10.4 Å². The molecule has 0 spiro atoms. The van der Waals surface area contributed by atoms with Crippen LogP contribution in [0.2, 0.25) is 0 Å². The topological polar surface area (TPSA) is 92.2 Å². The number of rotatable bonds is 6. The minimum absolute atomic E-state index is 0.141. The van der Waals surface area contributed by atoms with Crippen molar-refractivity contribution in [2.45, 2.75) is 25.8 Å². The quantitative estimate of drug-likeness (QED) is 0.493. The molecule has 2 aromatic heterocycles. The number of nitrogens with zero attached hydrogens (tertiary/aromatic N) is 1. The number of carboxylic acids is 1. The second kappa shape index (κ2) is 8.12. The van der Waals surface area contributed by atoms with Gasteiger partial charge in [-0.05, 0) is 37.0 Å². The van der Waals surface area contributed by atoms with Crippen molar-refractivity contribution in [2.75, 3.05) is 0 Å². The van der Waals surface area contributed by atoms with Gasteiger partial charge in [0.1, 0.15) is 10.9 Å². The molecule has 30 heavy (non-hydrogen) atoms. The lowest BCUT2D eigenvalue weighted by Crippen LogP contribution is -2.40. The molecule has 4 aromatic rings. The van der Waals surface area contributed by atoms with Crippen molar-refractivity contribution in [1.29, 1.82) is 0 Å².